The molecule has 12 heteroatoms. The predicted octanol–water partition coefficient (Wildman–Crippen LogP) is 1.25. The van der Waals surface area contributed by atoms with Crippen molar-refractivity contribution in [3.8, 4) is 5.69 Å². The van der Waals surface area contributed by atoms with E-state index in [0.29, 0.717) is 17.2 Å². The lowest BCUT2D eigenvalue weighted by molar-refractivity contribution is 0.0599. The number of nitrogens with zero attached hydrogens (tertiary/aromatic N) is 4. The van der Waals surface area contributed by atoms with E-state index in [1.165, 1.54) is 49.2 Å². The predicted molar refractivity (Wildman–Crippen MR) is 109 cm³/mol. The summed E-state index contributed by atoms with van der Waals surface area (Å²) in [7, 11) is -0.841. The van der Waals surface area contributed by atoms with Crippen molar-refractivity contribution >= 4 is 27.5 Å². The third kappa shape index (κ3) is 5.04. The minimum Gasteiger partial charge on any atom is -0.465 e. The van der Waals surface area contributed by atoms with Gasteiger partial charge in [-0.3, -0.25) is 0 Å². The first-order valence-corrected chi connectivity index (χ1v) is 10.8. The van der Waals surface area contributed by atoms with Crippen LogP contribution in [-0.4, -0.2) is 61.0 Å². The van der Waals surface area contributed by atoms with Crippen LogP contribution < -0.4 is 5.32 Å². The summed E-state index contributed by atoms with van der Waals surface area (Å²) >= 11 is 0. The molecule has 0 amide bonds. The Morgan fingerprint density at radius 3 is 2.10 bits per heavy atom. The van der Waals surface area contributed by atoms with Gasteiger partial charge in [0.15, 0.2) is 15.7 Å². The smallest absolute Gasteiger partial charge is 0.337 e. The van der Waals surface area contributed by atoms with Crippen LogP contribution in [0.4, 0.5) is 5.69 Å². The molecule has 0 aliphatic heterocycles. The van der Waals surface area contributed by atoms with Gasteiger partial charge in [-0.2, -0.15) is 4.68 Å². The number of esters is 2. The van der Waals surface area contributed by atoms with Crippen molar-refractivity contribution in [2.45, 2.75) is 11.4 Å². The quantitative estimate of drug-likeness (QED) is 0.528. The monoisotopic (exact) mass is 445 g/mol. The molecule has 0 saturated carbocycles. The van der Waals surface area contributed by atoms with E-state index in [4.69, 9.17) is 9.47 Å². The van der Waals surface area contributed by atoms with Gasteiger partial charge in [-0.25, -0.2) is 18.0 Å². The van der Waals surface area contributed by atoms with E-state index in [0.717, 1.165) is 6.26 Å². The van der Waals surface area contributed by atoms with Crippen molar-refractivity contribution in [2.24, 2.45) is 0 Å². The molecule has 162 valence electrons. The topological polar surface area (TPSA) is 142 Å². The van der Waals surface area contributed by atoms with Crippen LogP contribution >= 0.6 is 0 Å². The van der Waals surface area contributed by atoms with Crippen LogP contribution in [0.3, 0.4) is 0 Å². The number of sulfone groups is 1. The lowest BCUT2D eigenvalue weighted by Crippen LogP contribution is -2.11. The summed E-state index contributed by atoms with van der Waals surface area (Å²) < 4.78 is 34.1. The molecular formula is C19H19N5O6S. The number of aromatic nitrogens is 4. The van der Waals surface area contributed by atoms with Gasteiger partial charge in [0.05, 0.1) is 42.5 Å². The van der Waals surface area contributed by atoms with E-state index >= 15 is 0 Å². The number of carbonyl (C=O) groups is 2. The standard InChI is InChI=1S/C19H19N5O6S/c1-29-18(25)12-8-13(19(26)30-2)10-14(9-12)20-11-17-21-22-23-24(17)15-4-6-16(7-5-15)31(3,27)28/h4-10,20H,11H2,1-3H3. The van der Waals surface area contributed by atoms with Gasteiger partial charge in [0, 0.05) is 11.9 Å². The van der Waals surface area contributed by atoms with Crippen LogP contribution in [0.2, 0.25) is 0 Å². The van der Waals surface area contributed by atoms with Crippen molar-refractivity contribution in [1.82, 2.24) is 20.2 Å². The van der Waals surface area contributed by atoms with Crippen LogP contribution in [0, 0.1) is 0 Å². The molecule has 0 unspecified atom stereocenters. The molecule has 0 atom stereocenters. The maximum absolute atomic E-state index is 11.9. The summed E-state index contributed by atoms with van der Waals surface area (Å²) in [5.74, 6) is -0.801. The van der Waals surface area contributed by atoms with Crippen molar-refractivity contribution in [3.05, 3.63) is 59.4 Å². The molecule has 0 spiro atoms. The average molecular weight is 445 g/mol. The first-order valence-electron chi connectivity index (χ1n) is 8.86. The lowest BCUT2D eigenvalue weighted by Gasteiger charge is -2.11. The fourth-order valence-electron chi connectivity index (χ4n) is 2.73. The van der Waals surface area contributed by atoms with Crippen LogP contribution in [0.1, 0.15) is 26.5 Å². The SMILES string of the molecule is COC(=O)c1cc(NCc2nnnn2-c2ccc(S(C)(=O)=O)cc2)cc(C(=O)OC)c1. The van der Waals surface area contributed by atoms with Crippen LogP contribution in [0.15, 0.2) is 47.4 Å². The highest BCUT2D eigenvalue weighted by molar-refractivity contribution is 7.90. The minimum absolute atomic E-state index is 0.145. The second-order valence-electron chi connectivity index (χ2n) is 6.41. The number of carbonyl (C=O) groups excluding carboxylic acids is 2. The van der Waals surface area contributed by atoms with Crippen molar-refractivity contribution < 1.29 is 27.5 Å². The van der Waals surface area contributed by atoms with E-state index < -0.39 is 21.8 Å². The third-order valence-corrected chi connectivity index (χ3v) is 5.40. The fraction of sp³-hybridized carbons (Fsp3) is 0.211. The number of tetrazole rings is 1. The first kappa shape index (κ1) is 21.9. The van der Waals surface area contributed by atoms with Gasteiger partial charge < -0.3 is 14.8 Å². The molecule has 2 aromatic carbocycles. The Bertz CT molecular complexity index is 1190. The molecule has 3 rings (SSSR count). The van der Waals surface area contributed by atoms with Crippen LogP contribution in [0.5, 0.6) is 0 Å². The summed E-state index contributed by atoms with van der Waals surface area (Å²) in [4.78, 5) is 24.0. The second kappa shape index (κ2) is 8.92. The summed E-state index contributed by atoms with van der Waals surface area (Å²) in [6, 6.07) is 10.5. The molecule has 0 saturated heterocycles. The van der Waals surface area contributed by atoms with Gasteiger partial charge in [-0.05, 0) is 52.9 Å². The maximum Gasteiger partial charge on any atom is 0.337 e. The van der Waals surface area contributed by atoms with Crippen molar-refractivity contribution in [3.63, 3.8) is 0 Å². The zero-order valence-electron chi connectivity index (χ0n) is 16.9. The highest BCUT2D eigenvalue weighted by atomic mass is 32.2. The van der Waals surface area contributed by atoms with E-state index in [1.54, 1.807) is 12.1 Å². The normalized spacial score (nSPS) is 11.1. The highest BCUT2D eigenvalue weighted by Gasteiger charge is 2.15. The zero-order chi connectivity index (χ0) is 22.6. The van der Waals surface area contributed by atoms with E-state index in [1.807, 2.05) is 0 Å². The molecule has 3 aromatic rings. The Labute approximate surface area is 177 Å². The Kier molecular flexibility index (Phi) is 6.30. The molecule has 31 heavy (non-hydrogen) atoms. The number of anilines is 1. The van der Waals surface area contributed by atoms with Gasteiger partial charge in [-0.1, -0.05) is 0 Å². The van der Waals surface area contributed by atoms with E-state index in [2.05, 4.69) is 20.8 Å². The molecule has 0 aliphatic carbocycles. The molecule has 0 aliphatic rings. The molecule has 0 radical (unpaired) electrons. The number of nitrogens with one attached hydrogen (secondary N) is 1. The Morgan fingerprint density at radius 1 is 1.00 bits per heavy atom. The molecule has 0 fully saturated rings. The molecule has 1 aromatic heterocycles. The van der Waals surface area contributed by atoms with Gasteiger partial charge in [0.1, 0.15) is 0 Å². The highest BCUT2D eigenvalue weighted by Crippen LogP contribution is 2.19. The molecule has 1 N–H and O–H groups in total. The fourth-order valence-corrected chi connectivity index (χ4v) is 3.36. The number of benzene rings is 2. The number of hydrogen-bond donors (Lipinski definition) is 1. The molecule has 1 heterocycles. The van der Waals surface area contributed by atoms with Crippen LogP contribution in [0.25, 0.3) is 5.69 Å². The summed E-state index contributed by atoms with van der Waals surface area (Å²) in [5.41, 5.74) is 1.35. The summed E-state index contributed by atoms with van der Waals surface area (Å²) in [5, 5.41) is 14.6. The summed E-state index contributed by atoms with van der Waals surface area (Å²) in [6.45, 7) is 0.145. The molecule has 0 bridgehead atoms. The van der Waals surface area contributed by atoms with Gasteiger partial charge in [0.2, 0.25) is 0 Å². The largest absolute Gasteiger partial charge is 0.465 e. The first-order chi connectivity index (χ1) is 14.7. The number of rotatable bonds is 7. The maximum atomic E-state index is 11.9. The lowest BCUT2D eigenvalue weighted by atomic mass is 10.1. The number of methoxy groups -OCH3 is 2. The Morgan fingerprint density at radius 2 is 1.58 bits per heavy atom. The number of ether oxygens (including phenoxy) is 2. The third-order valence-electron chi connectivity index (χ3n) is 4.27. The second-order valence-corrected chi connectivity index (χ2v) is 8.42. The van der Waals surface area contributed by atoms with E-state index in [-0.39, 0.29) is 22.6 Å². The van der Waals surface area contributed by atoms with Gasteiger partial charge in [0.25, 0.3) is 0 Å². The van der Waals surface area contributed by atoms with Gasteiger partial charge >= 0.3 is 11.9 Å². The molecule has 11 nitrogen and oxygen atoms in total. The summed E-state index contributed by atoms with van der Waals surface area (Å²) in [6.07, 6.45) is 1.12. The van der Waals surface area contributed by atoms with E-state index in [9.17, 15) is 18.0 Å². The molecular weight excluding hydrogens is 426 g/mol. The Hall–Kier alpha value is -3.80. The Balaban J connectivity index is 1.85. The van der Waals surface area contributed by atoms with Crippen LogP contribution in [-0.2, 0) is 25.9 Å². The minimum atomic E-state index is -3.32. The average Bonchev–Trinajstić information content (AvgIpc) is 3.24. The zero-order valence-corrected chi connectivity index (χ0v) is 17.7. The number of hydrogen-bond acceptors (Lipinski definition) is 10. The van der Waals surface area contributed by atoms with Gasteiger partial charge in [-0.15, -0.1) is 5.10 Å². The van der Waals surface area contributed by atoms with Crippen molar-refractivity contribution in [2.75, 3.05) is 25.8 Å². The van der Waals surface area contributed by atoms with Crippen molar-refractivity contribution in [1.29, 1.82) is 0 Å².